The van der Waals surface area contributed by atoms with Crippen LogP contribution in [0.1, 0.15) is 5.56 Å². The molecule has 1 aromatic carbocycles. The molecule has 108 valence electrons. The Morgan fingerprint density at radius 1 is 1.24 bits per heavy atom. The molecule has 7 heteroatoms. The van der Waals surface area contributed by atoms with Crippen molar-refractivity contribution in [1.29, 1.82) is 0 Å². The number of hydroxylamine groups is 1. The molecule has 0 fully saturated rings. The van der Waals surface area contributed by atoms with Crippen LogP contribution in [0.5, 0.6) is 11.5 Å². The first kappa shape index (κ1) is 13.3. The molecule has 1 amide bonds. The number of amides is 1. The minimum Gasteiger partial charge on any atom is -0.456 e. The minimum absolute atomic E-state index is 0.215. The lowest BCUT2D eigenvalue weighted by molar-refractivity contribution is -0.125. The van der Waals surface area contributed by atoms with Crippen LogP contribution in [0.4, 0.5) is 5.69 Å². The third-order valence-corrected chi connectivity index (χ3v) is 3.24. The number of rotatable bonds is 2. The summed E-state index contributed by atoms with van der Waals surface area (Å²) in [5.41, 5.74) is 6.57. The Hall–Kier alpha value is -2.64. The van der Waals surface area contributed by atoms with Crippen LogP contribution >= 0.6 is 0 Å². The molecular weight excluding hydrogens is 274 g/mol. The van der Waals surface area contributed by atoms with Crippen LogP contribution in [0.3, 0.4) is 0 Å². The molecule has 2 aromatic rings. The maximum atomic E-state index is 11.6. The number of H-pyrrole nitrogens is 1. The number of hydrogen-bond donors (Lipinski definition) is 3. The lowest BCUT2D eigenvalue weighted by Crippen LogP contribution is -2.47. The molecular formula is C14H13N3O4. The average molecular weight is 287 g/mol. The van der Waals surface area contributed by atoms with Gasteiger partial charge in [0.25, 0.3) is 5.91 Å². The highest BCUT2D eigenvalue weighted by molar-refractivity contribution is 5.98. The van der Waals surface area contributed by atoms with Crippen molar-refractivity contribution in [1.82, 2.24) is 4.98 Å². The molecule has 1 aliphatic rings. The van der Waals surface area contributed by atoms with Crippen molar-refractivity contribution in [2.24, 2.45) is 5.73 Å². The van der Waals surface area contributed by atoms with Gasteiger partial charge in [-0.15, -0.1) is 0 Å². The standard InChI is InChI=1S/C14H13N3O4/c15-11-6-8-5-9(1-3-12(8)17(20)14(11)19)21-10-2-4-13(18)16-7-10/h1-5,7,11,20H,6,15H2,(H,16,18). The van der Waals surface area contributed by atoms with Gasteiger partial charge in [-0.2, -0.15) is 5.06 Å². The second kappa shape index (κ2) is 5.04. The zero-order chi connectivity index (χ0) is 15.0. The summed E-state index contributed by atoms with van der Waals surface area (Å²) in [7, 11) is 0. The molecule has 3 rings (SSSR count). The average Bonchev–Trinajstić information content (AvgIpc) is 2.47. The first-order valence-corrected chi connectivity index (χ1v) is 6.32. The maximum Gasteiger partial charge on any atom is 0.267 e. The van der Waals surface area contributed by atoms with Crippen molar-refractivity contribution < 1.29 is 14.7 Å². The van der Waals surface area contributed by atoms with E-state index in [1.165, 1.54) is 12.3 Å². The zero-order valence-electron chi connectivity index (χ0n) is 10.9. The van der Waals surface area contributed by atoms with E-state index in [2.05, 4.69) is 4.98 Å². The fraction of sp³-hybridized carbons (Fsp3) is 0.143. The molecule has 1 aromatic heterocycles. The van der Waals surface area contributed by atoms with Gasteiger partial charge in [0.15, 0.2) is 0 Å². The number of nitrogens with two attached hydrogens (primary N) is 1. The third kappa shape index (κ3) is 2.51. The summed E-state index contributed by atoms with van der Waals surface area (Å²) in [4.78, 5) is 25.1. The summed E-state index contributed by atoms with van der Waals surface area (Å²) in [6, 6.07) is 7.04. The van der Waals surface area contributed by atoms with Gasteiger partial charge in [0.1, 0.15) is 11.5 Å². The van der Waals surface area contributed by atoms with Crippen LogP contribution < -0.4 is 21.1 Å². The van der Waals surface area contributed by atoms with Crippen LogP contribution in [0.25, 0.3) is 0 Å². The molecule has 2 heterocycles. The van der Waals surface area contributed by atoms with E-state index in [0.717, 1.165) is 0 Å². The fourth-order valence-electron chi connectivity index (χ4n) is 2.19. The van der Waals surface area contributed by atoms with Crippen molar-refractivity contribution in [3.8, 4) is 11.5 Å². The van der Waals surface area contributed by atoms with Gasteiger partial charge in [0, 0.05) is 12.3 Å². The molecule has 0 aliphatic carbocycles. The number of ether oxygens (including phenoxy) is 1. The largest absolute Gasteiger partial charge is 0.456 e. The molecule has 4 N–H and O–H groups in total. The number of benzene rings is 1. The monoisotopic (exact) mass is 287 g/mol. The summed E-state index contributed by atoms with van der Waals surface area (Å²) >= 11 is 0. The van der Waals surface area contributed by atoms with Gasteiger partial charge in [-0.1, -0.05) is 0 Å². The number of nitrogens with one attached hydrogen (secondary N) is 1. The van der Waals surface area contributed by atoms with E-state index in [1.807, 2.05) is 0 Å². The lowest BCUT2D eigenvalue weighted by atomic mass is 9.99. The van der Waals surface area contributed by atoms with E-state index in [4.69, 9.17) is 10.5 Å². The van der Waals surface area contributed by atoms with Crippen molar-refractivity contribution >= 4 is 11.6 Å². The van der Waals surface area contributed by atoms with E-state index in [9.17, 15) is 14.8 Å². The number of aromatic amines is 1. The Morgan fingerprint density at radius 3 is 2.71 bits per heavy atom. The van der Waals surface area contributed by atoms with E-state index < -0.39 is 11.9 Å². The van der Waals surface area contributed by atoms with Crippen molar-refractivity contribution in [3.05, 3.63) is 52.4 Å². The molecule has 0 bridgehead atoms. The summed E-state index contributed by atoms with van der Waals surface area (Å²) in [6.07, 6.45) is 1.78. The number of carbonyl (C=O) groups is 1. The van der Waals surface area contributed by atoms with Crippen molar-refractivity contribution in [3.63, 3.8) is 0 Å². The Morgan fingerprint density at radius 2 is 2.00 bits per heavy atom. The quantitative estimate of drug-likeness (QED) is 0.707. The molecule has 1 unspecified atom stereocenters. The topological polar surface area (TPSA) is 109 Å². The van der Waals surface area contributed by atoms with Crippen LogP contribution in [0.2, 0.25) is 0 Å². The van der Waals surface area contributed by atoms with Gasteiger partial charge in [-0.3, -0.25) is 14.8 Å². The zero-order valence-corrected chi connectivity index (χ0v) is 10.9. The van der Waals surface area contributed by atoms with Crippen LogP contribution in [0, 0.1) is 0 Å². The predicted octanol–water partition coefficient (Wildman–Crippen LogP) is 0.773. The molecule has 0 spiro atoms. The van der Waals surface area contributed by atoms with Crippen LogP contribution in [0.15, 0.2) is 41.3 Å². The molecule has 21 heavy (non-hydrogen) atoms. The Bertz CT molecular complexity index is 736. The highest BCUT2D eigenvalue weighted by Gasteiger charge is 2.29. The summed E-state index contributed by atoms with van der Waals surface area (Å²) < 4.78 is 5.60. The third-order valence-electron chi connectivity index (χ3n) is 3.24. The smallest absolute Gasteiger partial charge is 0.267 e. The Balaban J connectivity index is 1.89. The van der Waals surface area contributed by atoms with Gasteiger partial charge in [0.2, 0.25) is 5.56 Å². The molecule has 0 saturated carbocycles. The van der Waals surface area contributed by atoms with Crippen molar-refractivity contribution in [2.45, 2.75) is 12.5 Å². The summed E-state index contributed by atoms with van der Waals surface area (Å²) in [5.74, 6) is 0.471. The van der Waals surface area contributed by atoms with E-state index in [0.29, 0.717) is 34.2 Å². The molecule has 1 atom stereocenters. The van der Waals surface area contributed by atoms with Crippen molar-refractivity contribution in [2.75, 3.05) is 5.06 Å². The second-order valence-electron chi connectivity index (χ2n) is 4.74. The van der Waals surface area contributed by atoms with Gasteiger partial charge < -0.3 is 15.5 Å². The van der Waals surface area contributed by atoms with Crippen LogP contribution in [-0.2, 0) is 11.2 Å². The predicted molar refractivity (Wildman–Crippen MR) is 74.5 cm³/mol. The number of hydrogen-bond acceptors (Lipinski definition) is 5. The Labute approximate surface area is 119 Å². The maximum absolute atomic E-state index is 11.6. The van der Waals surface area contributed by atoms with E-state index >= 15 is 0 Å². The minimum atomic E-state index is -0.772. The van der Waals surface area contributed by atoms with Gasteiger partial charge >= 0.3 is 0 Å². The first-order valence-electron chi connectivity index (χ1n) is 6.32. The molecule has 7 nitrogen and oxygen atoms in total. The number of fused-ring (bicyclic) bond motifs is 1. The second-order valence-corrected chi connectivity index (χ2v) is 4.74. The number of nitrogens with zero attached hydrogens (tertiary/aromatic N) is 1. The molecule has 0 radical (unpaired) electrons. The summed E-state index contributed by atoms with van der Waals surface area (Å²) in [5, 5.41) is 10.3. The SMILES string of the molecule is NC1Cc2cc(Oc3ccc(=O)[nH]c3)ccc2N(O)C1=O. The Kier molecular flexibility index (Phi) is 3.20. The molecule has 0 saturated heterocycles. The fourth-order valence-corrected chi connectivity index (χ4v) is 2.19. The van der Waals surface area contributed by atoms with Crippen LogP contribution in [-0.4, -0.2) is 22.1 Å². The molecule has 1 aliphatic heterocycles. The van der Waals surface area contributed by atoms with Gasteiger partial charge in [-0.05, 0) is 36.2 Å². The van der Waals surface area contributed by atoms with Gasteiger partial charge in [-0.25, -0.2) is 0 Å². The number of aromatic nitrogens is 1. The van der Waals surface area contributed by atoms with E-state index in [-0.39, 0.29) is 5.56 Å². The number of carbonyl (C=O) groups excluding carboxylic acids is 1. The first-order chi connectivity index (χ1) is 10.0. The van der Waals surface area contributed by atoms with Gasteiger partial charge in [0.05, 0.1) is 11.7 Å². The summed E-state index contributed by atoms with van der Waals surface area (Å²) in [6.45, 7) is 0. The normalized spacial score (nSPS) is 17.5. The lowest BCUT2D eigenvalue weighted by Gasteiger charge is -2.27. The number of anilines is 1. The highest BCUT2D eigenvalue weighted by Crippen LogP contribution is 2.31. The van der Waals surface area contributed by atoms with E-state index in [1.54, 1.807) is 24.3 Å². The highest BCUT2D eigenvalue weighted by atomic mass is 16.5. The number of pyridine rings is 1.